The van der Waals surface area contributed by atoms with Gasteiger partial charge in [-0.3, -0.25) is 4.90 Å². The molecule has 1 aliphatic carbocycles. The van der Waals surface area contributed by atoms with E-state index in [1.165, 1.54) is 58.2 Å². The van der Waals surface area contributed by atoms with E-state index in [0.29, 0.717) is 0 Å². The molecule has 0 radical (unpaired) electrons. The van der Waals surface area contributed by atoms with Crippen LogP contribution in [0, 0.1) is 11.8 Å². The fraction of sp³-hybridized carbons (Fsp3) is 1.00. The molecule has 0 aromatic rings. The van der Waals surface area contributed by atoms with Crippen molar-refractivity contribution in [2.75, 3.05) is 19.6 Å². The minimum Gasteiger partial charge on any atom is -0.312 e. The Morgan fingerprint density at radius 2 is 1.81 bits per heavy atom. The standard InChI is InChI=1S/C14H26N2/c1-11-4-6-13(7-5-11)16-9-12-3-2-8-15-14(12)10-16/h11-15H,2-10H2,1H3. The summed E-state index contributed by atoms with van der Waals surface area (Å²) in [6.07, 6.45) is 8.71. The molecule has 0 aromatic heterocycles. The molecule has 3 rings (SSSR count). The zero-order valence-corrected chi connectivity index (χ0v) is 10.6. The number of rotatable bonds is 1. The van der Waals surface area contributed by atoms with Crippen LogP contribution < -0.4 is 5.32 Å². The predicted molar refractivity (Wildman–Crippen MR) is 67.5 cm³/mol. The average molecular weight is 222 g/mol. The fourth-order valence-corrected chi connectivity index (χ4v) is 3.99. The van der Waals surface area contributed by atoms with Crippen LogP contribution in [0.2, 0.25) is 0 Å². The third kappa shape index (κ3) is 2.14. The predicted octanol–water partition coefficient (Wildman–Crippen LogP) is 2.25. The molecule has 2 heteroatoms. The first-order valence-electron chi connectivity index (χ1n) is 7.30. The van der Waals surface area contributed by atoms with Crippen molar-refractivity contribution in [3.05, 3.63) is 0 Å². The molecule has 3 aliphatic rings. The number of nitrogens with one attached hydrogen (secondary N) is 1. The topological polar surface area (TPSA) is 15.3 Å². The van der Waals surface area contributed by atoms with Gasteiger partial charge in [0.2, 0.25) is 0 Å². The summed E-state index contributed by atoms with van der Waals surface area (Å²) in [7, 11) is 0. The van der Waals surface area contributed by atoms with Gasteiger partial charge in [0.1, 0.15) is 0 Å². The SMILES string of the molecule is CC1CCC(N2CC3CCCNC3C2)CC1. The van der Waals surface area contributed by atoms with E-state index in [-0.39, 0.29) is 0 Å². The van der Waals surface area contributed by atoms with Crippen molar-refractivity contribution < 1.29 is 0 Å². The minimum absolute atomic E-state index is 0.827. The monoisotopic (exact) mass is 222 g/mol. The third-order valence-corrected chi connectivity index (χ3v) is 5.13. The highest BCUT2D eigenvalue weighted by atomic mass is 15.2. The molecule has 92 valence electrons. The van der Waals surface area contributed by atoms with Crippen LogP contribution in [0.4, 0.5) is 0 Å². The minimum atomic E-state index is 0.827. The Hall–Kier alpha value is -0.0800. The van der Waals surface area contributed by atoms with Crippen LogP contribution in [0.1, 0.15) is 45.4 Å². The molecule has 2 aliphatic heterocycles. The number of piperidine rings is 1. The number of hydrogen-bond acceptors (Lipinski definition) is 2. The molecule has 2 saturated heterocycles. The molecule has 2 unspecified atom stereocenters. The zero-order chi connectivity index (χ0) is 11.0. The second kappa shape index (κ2) is 4.66. The normalized spacial score (nSPS) is 45.6. The van der Waals surface area contributed by atoms with Gasteiger partial charge < -0.3 is 5.32 Å². The lowest BCUT2D eigenvalue weighted by atomic mass is 9.87. The fourth-order valence-electron chi connectivity index (χ4n) is 3.99. The third-order valence-electron chi connectivity index (χ3n) is 5.13. The van der Waals surface area contributed by atoms with Crippen molar-refractivity contribution >= 4 is 0 Å². The van der Waals surface area contributed by atoms with Gasteiger partial charge in [0.25, 0.3) is 0 Å². The van der Waals surface area contributed by atoms with Crippen LogP contribution in [0.25, 0.3) is 0 Å². The van der Waals surface area contributed by atoms with Gasteiger partial charge in [0.15, 0.2) is 0 Å². The van der Waals surface area contributed by atoms with Crippen LogP contribution in [0.15, 0.2) is 0 Å². The molecule has 2 nitrogen and oxygen atoms in total. The van der Waals surface area contributed by atoms with Gasteiger partial charge in [-0.05, 0) is 56.9 Å². The molecule has 2 atom stereocenters. The Labute approximate surface area is 99.8 Å². The van der Waals surface area contributed by atoms with E-state index in [4.69, 9.17) is 0 Å². The summed E-state index contributed by atoms with van der Waals surface area (Å²) in [5, 5.41) is 3.72. The molecule has 0 aromatic carbocycles. The van der Waals surface area contributed by atoms with Crippen molar-refractivity contribution in [3.63, 3.8) is 0 Å². The summed E-state index contributed by atoms with van der Waals surface area (Å²) in [6.45, 7) is 6.40. The van der Waals surface area contributed by atoms with Gasteiger partial charge in [-0.2, -0.15) is 0 Å². The van der Waals surface area contributed by atoms with E-state index in [1.54, 1.807) is 0 Å². The van der Waals surface area contributed by atoms with E-state index in [9.17, 15) is 0 Å². The van der Waals surface area contributed by atoms with E-state index >= 15 is 0 Å². The summed E-state index contributed by atoms with van der Waals surface area (Å²) >= 11 is 0. The highest BCUT2D eigenvalue weighted by molar-refractivity contribution is 4.94. The van der Waals surface area contributed by atoms with Crippen LogP contribution in [0.3, 0.4) is 0 Å². The maximum atomic E-state index is 3.72. The Morgan fingerprint density at radius 3 is 2.56 bits per heavy atom. The summed E-state index contributed by atoms with van der Waals surface area (Å²) in [5.74, 6) is 1.95. The first kappa shape index (κ1) is 11.0. The van der Waals surface area contributed by atoms with Crippen molar-refractivity contribution in [1.29, 1.82) is 0 Å². The molecule has 0 bridgehead atoms. The summed E-state index contributed by atoms with van der Waals surface area (Å²) in [5.41, 5.74) is 0. The number of fused-ring (bicyclic) bond motifs is 1. The van der Waals surface area contributed by atoms with Crippen LogP contribution in [-0.2, 0) is 0 Å². The van der Waals surface area contributed by atoms with Gasteiger partial charge in [0.05, 0.1) is 0 Å². The lowest BCUT2D eigenvalue weighted by Crippen LogP contribution is -2.41. The first-order chi connectivity index (χ1) is 7.83. The second-order valence-corrected chi connectivity index (χ2v) is 6.33. The lowest BCUT2D eigenvalue weighted by Gasteiger charge is -2.33. The lowest BCUT2D eigenvalue weighted by molar-refractivity contribution is 0.163. The molecule has 1 saturated carbocycles. The molecule has 0 spiro atoms. The van der Waals surface area contributed by atoms with Gasteiger partial charge in [0, 0.05) is 25.2 Å². The summed E-state index contributed by atoms with van der Waals surface area (Å²) in [6, 6.07) is 1.75. The van der Waals surface area contributed by atoms with E-state index in [2.05, 4.69) is 17.1 Å². The van der Waals surface area contributed by atoms with Crippen molar-refractivity contribution in [1.82, 2.24) is 10.2 Å². The molecule has 1 N–H and O–H groups in total. The first-order valence-corrected chi connectivity index (χ1v) is 7.30. The number of nitrogens with zero attached hydrogens (tertiary/aromatic N) is 1. The summed E-state index contributed by atoms with van der Waals surface area (Å²) < 4.78 is 0. The molecule has 16 heavy (non-hydrogen) atoms. The molecule has 0 amide bonds. The van der Waals surface area contributed by atoms with Gasteiger partial charge in [-0.1, -0.05) is 6.92 Å². The van der Waals surface area contributed by atoms with Gasteiger partial charge >= 0.3 is 0 Å². The van der Waals surface area contributed by atoms with Crippen LogP contribution >= 0.6 is 0 Å². The zero-order valence-electron chi connectivity index (χ0n) is 10.6. The molecule has 3 fully saturated rings. The molecule has 2 heterocycles. The smallest absolute Gasteiger partial charge is 0.0235 e. The Kier molecular flexibility index (Phi) is 3.21. The number of hydrogen-bond donors (Lipinski definition) is 1. The van der Waals surface area contributed by atoms with Gasteiger partial charge in [-0.15, -0.1) is 0 Å². The quantitative estimate of drug-likeness (QED) is 0.732. The van der Waals surface area contributed by atoms with Crippen molar-refractivity contribution in [3.8, 4) is 0 Å². The highest BCUT2D eigenvalue weighted by Crippen LogP contribution is 2.32. The van der Waals surface area contributed by atoms with Gasteiger partial charge in [-0.25, -0.2) is 0 Å². The Bertz CT molecular complexity index is 219. The Morgan fingerprint density at radius 1 is 1.00 bits per heavy atom. The van der Waals surface area contributed by atoms with Crippen molar-refractivity contribution in [2.45, 2.75) is 57.5 Å². The Balaban J connectivity index is 1.56. The van der Waals surface area contributed by atoms with Crippen LogP contribution in [-0.4, -0.2) is 36.6 Å². The van der Waals surface area contributed by atoms with Crippen molar-refractivity contribution in [2.24, 2.45) is 11.8 Å². The second-order valence-electron chi connectivity index (χ2n) is 6.33. The molecular formula is C14H26N2. The average Bonchev–Trinajstić information content (AvgIpc) is 2.73. The largest absolute Gasteiger partial charge is 0.312 e. The highest BCUT2D eigenvalue weighted by Gasteiger charge is 2.37. The summed E-state index contributed by atoms with van der Waals surface area (Å²) in [4.78, 5) is 2.81. The van der Waals surface area contributed by atoms with Crippen LogP contribution in [0.5, 0.6) is 0 Å². The maximum absolute atomic E-state index is 3.72. The van der Waals surface area contributed by atoms with E-state index in [1.807, 2.05) is 0 Å². The maximum Gasteiger partial charge on any atom is 0.0235 e. The van der Waals surface area contributed by atoms with E-state index < -0.39 is 0 Å². The van der Waals surface area contributed by atoms with E-state index in [0.717, 1.165) is 23.9 Å². The molecular weight excluding hydrogens is 196 g/mol. The number of likely N-dealkylation sites (tertiary alicyclic amines) is 1.